The highest BCUT2D eigenvalue weighted by molar-refractivity contribution is 5.85. The fourth-order valence-corrected chi connectivity index (χ4v) is 3.42. The van der Waals surface area contributed by atoms with E-state index in [9.17, 15) is 4.79 Å². The second-order valence-electron chi connectivity index (χ2n) is 5.91. The molecule has 2 unspecified atom stereocenters. The van der Waals surface area contributed by atoms with E-state index in [-0.39, 0.29) is 11.8 Å². The van der Waals surface area contributed by atoms with Gasteiger partial charge < -0.3 is 15.0 Å². The largest absolute Gasteiger partial charge is 0.493 e. The molecule has 0 aliphatic carbocycles. The molecule has 3 rings (SSSR count). The number of carbonyl (C=O) groups excluding carboxylic acids is 1. The minimum atomic E-state index is -0.0397. The molecular formula is C17H24N2O2. The van der Waals surface area contributed by atoms with E-state index in [0.717, 1.165) is 50.2 Å². The highest BCUT2D eigenvalue weighted by Crippen LogP contribution is 2.35. The monoisotopic (exact) mass is 288 g/mol. The lowest BCUT2D eigenvalue weighted by Gasteiger charge is -2.34. The molecule has 1 N–H and O–H groups in total. The second-order valence-corrected chi connectivity index (χ2v) is 5.91. The van der Waals surface area contributed by atoms with Gasteiger partial charge in [-0.25, -0.2) is 0 Å². The quantitative estimate of drug-likeness (QED) is 0.923. The Morgan fingerprint density at radius 3 is 3.00 bits per heavy atom. The smallest absolute Gasteiger partial charge is 0.230 e. The van der Waals surface area contributed by atoms with Crippen molar-refractivity contribution in [2.75, 3.05) is 26.2 Å². The second kappa shape index (κ2) is 6.48. The molecule has 0 bridgehead atoms. The number of fused-ring (bicyclic) bond motifs is 1. The van der Waals surface area contributed by atoms with Crippen molar-refractivity contribution in [3.63, 3.8) is 0 Å². The molecule has 1 fully saturated rings. The summed E-state index contributed by atoms with van der Waals surface area (Å²) in [6.45, 7) is 5.57. The lowest BCUT2D eigenvalue weighted by atomic mass is 9.91. The van der Waals surface area contributed by atoms with Gasteiger partial charge in [-0.05, 0) is 31.9 Å². The van der Waals surface area contributed by atoms with E-state index in [1.165, 1.54) is 0 Å². The number of rotatable bonds is 4. The summed E-state index contributed by atoms with van der Waals surface area (Å²) in [7, 11) is 0. The molecule has 1 amide bonds. The highest BCUT2D eigenvalue weighted by atomic mass is 16.5. The summed E-state index contributed by atoms with van der Waals surface area (Å²) >= 11 is 0. The Hall–Kier alpha value is -1.55. The van der Waals surface area contributed by atoms with Gasteiger partial charge in [0, 0.05) is 24.7 Å². The molecule has 1 saturated heterocycles. The number of ether oxygens (including phenoxy) is 1. The van der Waals surface area contributed by atoms with Crippen LogP contribution in [0.1, 0.15) is 37.7 Å². The van der Waals surface area contributed by atoms with Gasteiger partial charge in [0.25, 0.3) is 0 Å². The normalized spacial score (nSPS) is 24.2. The molecule has 21 heavy (non-hydrogen) atoms. The minimum Gasteiger partial charge on any atom is -0.493 e. The van der Waals surface area contributed by atoms with Gasteiger partial charge >= 0.3 is 0 Å². The van der Waals surface area contributed by atoms with Crippen molar-refractivity contribution in [3.8, 4) is 5.75 Å². The average Bonchev–Trinajstić information content (AvgIpc) is 3.05. The van der Waals surface area contributed by atoms with E-state index in [0.29, 0.717) is 12.6 Å². The first-order chi connectivity index (χ1) is 10.3. The minimum absolute atomic E-state index is 0.0397. The van der Waals surface area contributed by atoms with Crippen molar-refractivity contribution in [1.29, 1.82) is 0 Å². The first kappa shape index (κ1) is 14.4. The molecule has 2 aliphatic heterocycles. The van der Waals surface area contributed by atoms with Crippen molar-refractivity contribution < 1.29 is 9.53 Å². The van der Waals surface area contributed by atoms with Crippen LogP contribution in [0.15, 0.2) is 24.3 Å². The molecule has 4 heteroatoms. The third-order valence-electron chi connectivity index (χ3n) is 4.48. The third kappa shape index (κ3) is 2.91. The maximum Gasteiger partial charge on any atom is 0.230 e. The Morgan fingerprint density at radius 2 is 2.24 bits per heavy atom. The van der Waals surface area contributed by atoms with Gasteiger partial charge in [-0.15, -0.1) is 0 Å². The molecule has 0 saturated carbocycles. The van der Waals surface area contributed by atoms with Crippen LogP contribution < -0.4 is 10.1 Å². The summed E-state index contributed by atoms with van der Waals surface area (Å²) in [6.07, 6.45) is 2.86. The number of nitrogens with one attached hydrogen (secondary N) is 1. The van der Waals surface area contributed by atoms with E-state index in [2.05, 4.69) is 17.1 Å². The molecule has 2 heterocycles. The number of hydrogen-bond acceptors (Lipinski definition) is 3. The molecular weight excluding hydrogens is 264 g/mol. The molecule has 1 aromatic carbocycles. The van der Waals surface area contributed by atoms with Gasteiger partial charge in [-0.3, -0.25) is 4.79 Å². The number of benzene rings is 1. The van der Waals surface area contributed by atoms with Crippen molar-refractivity contribution in [1.82, 2.24) is 10.2 Å². The van der Waals surface area contributed by atoms with E-state index in [4.69, 9.17) is 4.74 Å². The topological polar surface area (TPSA) is 41.6 Å². The zero-order valence-electron chi connectivity index (χ0n) is 12.7. The zero-order chi connectivity index (χ0) is 14.7. The standard InChI is InChI=1S/C17H24N2O2/c1-2-10-19(13-7-9-18-12-13)17(20)15-8-11-21-16-6-4-3-5-14(15)16/h3-6,13,15,18H,2,7-12H2,1H3. The van der Waals surface area contributed by atoms with Crippen LogP contribution in [-0.2, 0) is 4.79 Å². The zero-order valence-corrected chi connectivity index (χ0v) is 12.7. The van der Waals surface area contributed by atoms with E-state index < -0.39 is 0 Å². The Kier molecular flexibility index (Phi) is 4.44. The van der Waals surface area contributed by atoms with Crippen LogP contribution >= 0.6 is 0 Å². The summed E-state index contributed by atoms with van der Waals surface area (Å²) in [5.41, 5.74) is 1.06. The maximum absolute atomic E-state index is 13.1. The van der Waals surface area contributed by atoms with Gasteiger partial charge in [0.1, 0.15) is 5.75 Å². The Balaban J connectivity index is 1.83. The SMILES string of the molecule is CCCN(C(=O)C1CCOc2ccccc21)C1CCNC1. The van der Waals surface area contributed by atoms with Gasteiger partial charge in [-0.1, -0.05) is 25.1 Å². The molecule has 114 valence electrons. The molecule has 4 nitrogen and oxygen atoms in total. The summed E-state index contributed by atoms with van der Waals surface area (Å²) in [5, 5.41) is 3.37. The average molecular weight is 288 g/mol. The Bertz CT molecular complexity index is 497. The lowest BCUT2D eigenvalue weighted by molar-refractivity contribution is -0.135. The lowest BCUT2D eigenvalue weighted by Crippen LogP contribution is -2.45. The summed E-state index contributed by atoms with van der Waals surface area (Å²) < 4.78 is 5.69. The summed E-state index contributed by atoms with van der Waals surface area (Å²) in [6, 6.07) is 8.32. The van der Waals surface area contributed by atoms with Crippen molar-refractivity contribution in [2.45, 2.75) is 38.1 Å². The van der Waals surface area contributed by atoms with Crippen LogP contribution in [0.25, 0.3) is 0 Å². The van der Waals surface area contributed by atoms with Crippen molar-refractivity contribution in [2.24, 2.45) is 0 Å². The fraction of sp³-hybridized carbons (Fsp3) is 0.588. The van der Waals surface area contributed by atoms with Crippen LogP contribution in [0.4, 0.5) is 0 Å². The van der Waals surface area contributed by atoms with E-state index in [1.807, 2.05) is 24.3 Å². The van der Waals surface area contributed by atoms with Crippen LogP contribution in [-0.4, -0.2) is 43.1 Å². The fourth-order valence-electron chi connectivity index (χ4n) is 3.42. The van der Waals surface area contributed by atoms with Crippen LogP contribution in [0.2, 0.25) is 0 Å². The van der Waals surface area contributed by atoms with E-state index in [1.54, 1.807) is 0 Å². The number of amides is 1. The maximum atomic E-state index is 13.1. The molecule has 0 aromatic heterocycles. The number of nitrogens with zero attached hydrogens (tertiary/aromatic N) is 1. The van der Waals surface area contributed by atoms with Gasteiger partial charge in [0.05, 0.1) is 12.5 Å². The molecule has 1 aromatic rings. The van der Waals surface area contributed by atoms with Gasteiger partial charge in [-0.2, -0.15) is 0 Å². The molecule has 2 atom stereocenters. The Labute approximate surface area is 126 Å². The van der Waals surface area contributed by atoms with Crippen LogP contribution in [0.5, 0.6) is 5.75 Å². The van der Waals surface area contributed by atoms with Crippen LogP contribution in [0.3, 0.4) is 0 Å². The Morgan fingerprint density at radius 1 is 1.38 bits per heavy atom. The molecule has 2 aliphatic rings. The predicted octanol–water partition coefficient (Wildman–Crippen LogP) is 2.15. The number of para-hydroxylation sites is 1. The highest BCUT2D eigenvalue weighted by Gasteiger charge is 2.34. The van der Waals surface area contributed by atoms with Gasteiger partial charge in [0.15, 0.2) is 0 Å². The third-order valence-corrected chi connectivity index (χ3v) is 4.48. The molecule has 0 radical (unpaired) electrons. The van der Waals surface area contributed by atoms with Gasteiger partial charge in [0.2, 0.25) is 5.91 Å². The first-order valence-electron chi connectivity index (χ1n) is 8.04. The predicted molar refractivity (Wildman–Crippen MR) is 82.6 cm³/mol. The van der Waals surface area contributed by atoms with Crippen LogP contribution in [0, 0.1) is 0 Å². The summed E-state index contributed by atoms with van der Waals surface area (Å²) in [5.74, 6) is 1.12. The van der Waals surface area contributed by atoms with E-state index >= 15 is 0 Å². The van der Waals surface area contributed by atoms with Crippen molar-refractivity contribution in [3.05, 3.63) is 29.8 Å². The number of hydrogen-bond donors (Lipinski definition) is 1. The first-order valence-corrected chi connectivity index (χ1v) is 8.04. The molecule has 0 spiro atoms. The van der Waals surface area contributed by atoms with Crippen molar-refractivity contribution >= 4 is 5.91 Å². The number of carbonyl (C=O) groups is 1. The summed E-state index contributed by atoms with van der Waals surface area (Å²) in [4.78, 5) is 15.2.